The van der Waals surface area contributed by atoms with Gasteiger partial charge in [0.1, 0.15) is 0 Å². The number of carbonyl (C=O) groups is 2. The maximum Gasteiger partial charge on any atom is 0.243 e. The number of nitrogens with zero attached hydrogens (tertiary/aromatic N) is 2. The van der Waals surface area contributed by atoms with Gasteiger partial charge in [-0.15, -0.1) is 0 Å². The monoisotopic (exact) mass is 405 g/mol. The summed E-state index contributed by atoms with van der Waals surface area (Å²) < 4.78 is 26.6. The van der Waals surface area contributed by atoms with Crippen molar-refractivity contribution in [1.29, 1.82) is 0 Å². The Morgan fingerprint density at radius 2 is 1.64 bits per heavy atom. The van der Waals surface area contributed by atoms with Crippen molar-refractivity contribution in [3.63, 3.8) is 0 Å². The Labute approximate surface area is 166 Å². The minimum absolute atomic E-state index is 0.0686. The van der Waals surface area contributed by atoms with Crippen LogP contribution in [0.15, 0.2) is 29.2 Å². The second kappa shape index (κ2) is 7.83. The van der Waals surface area contributed by atoms with E-state index in [1.165, 1.54) is 16.4 Å². The van der Waals surface area contributed by atoms with Crippen molar-refractivity contribution in [3.05, 3.63) is 24.3 Å². The molecule has 152 valence electrons. The summed E-state index contributed by atoms with van der Waals surface area (Å²) in [6.07, 6.45) is 6.41. The summed E-state index contributed by atoms with van der Waals surface area (Å²) in [5.41, 5.74) is 0.553. The number of benzene rings is 1. The first kappa shape index (κ1) is 19.4. The zero-order valence-electron chi connectivity index (χ0n) is 16.0. The van der Waals surface area contributed by atoms with Crippen molar-refractivity contribution in [1.82, 2.24) is 9.21 Å². The van der Waals surface area contributed by atoms with Gasteiger partial charge in [-0.05, 0) is 49.9 Å². The molecule has 7 nitrogen and oxygen atoms in total. The van der Waals surface area contributed by atoms with E-state index in [0.717, 1.165) is 38.5 Å². The highest BCUT2D eigenvalue weighted by atomic mass is 32.2. The number of likely N-dealkylation sites (tertiary alicyclic amines) is 1. The lowest BCUT2D eigenvalue weighted by atomic mass is 10.1. The van der Waals surface area contributed by atoms with Gasteiger partial charge in [0, 0.05) is 37.8 Å². The van der Waals surface area contributed by atoms with E-state index in [1.54, 1.807) is 12.1 Å². The average Bonchev–Trinajstić information content (AvgIpc) is 3.43. The Hall–Kier alpha value is -1.93. The molecular weight excluding hydrogens is 378 g/mol. The highest BCUT2D eigenvalue weighted by molar-refractivity contribution is 7.89. The molecule has 1 saturated carbocycles. The number of rotatable bonds is 5. The van der Waals surface area contributed by atoms with E-state index >= 15 is 0 Å². The number of hydrogen-bond acceptors (Lipinski definition) is 4. The SMILES string of the molecule is O=C(Nc1ccc(S(=O)(=O)N2CCCC2)cc1)C1CC(=O)N(C2CCCC2)C1. The molecule has 2 amide bonds. The molecule has 1 atom stereocenters. The second-order valence-electron chi connectivity index (χ2n) is 8.01. The van der Waals surface area contributed by atoms with E-state index in [-0.39, 0.29) is 29.0 Å². The Morgan fingerprint density at radius 3 is 2.29 bits per heavy atom. The first-order valence-corrected chi connectivity index (χ1v) is 11.6. The fraction of sp³-hybridized carbons (Fsp3) is 0.600. The van der Waals surface area contributed by atoms with Crippen molar-refractivity contribution in [3.8, 4) is 0 Å². The smallest absolute Gasteiger partial charge is 0.243 e. The van der Waals surface area contributed by atoms with Crippen LogP contribution in [0.5, 0.6) is 0 Å². The molecule has 0 bridgehead atoms. The third-order valence-electron chi connectivity index (χ3n) is 6.12. The molecule has 1 aromatic rings. The van der Waals surface area contributed by atoms with Crippen LogP contribution in [0.1, 0.15) is 44.9 Å². The molecule has 4 rings (SSSR count). The van der Waals surface area contributed by atoms with Crippen LogP contribution < -0.4 is 5.32 Å². The van der Waals surface area contributed by atoms with Crippen LogP contribution in [0.2, 0.25) is 0 Å². The van der Waals surface area contributed by atoms with E-state index in [2.05, 4.69) is 5.32 Å². The molecule has 1 aromatic carbocycles. The first-order chi connectivity index (χ1) is 13.4. The minimum atomic E-state index is -3.45. The fourth-order valence-electron chi connectivity index (χ4n) is 4.51. The van der Waals surface area contributed by atoms with E-state index < -0.39 is 10.0 Å². The summed E-state index contributed by atoms with van der Waals surface area (Å²) in [4.78, 5) is 27.0. The van der Waals surface area contributed by atoms with Crippen molar-refractivity contribution < 1.29 is 18.0 Å². The van der Waals surface area contributed by atoms with Crippen molar-refractivity contribution in [2.45, 2.75) is 55.9 Å². The Kier molecular flexibility index (Phi) is 5.42. The number of hydrogen-bond donors (Lipinski definition) is 1. The van der Waals surface area contributed by atoms with Crippen molar-refractivity contribution >= 4 is 27.5 Å². The highest BCUT2D eigenvalue weighted by Gasteiger charge is 2.38. The minimum Gasteiger partial charge on any atom is -0.339 e. The Bertz CT molecular complexity index is 841. The fourth-order valence-corrected chi connectivity index (χ4v) is 6.03. The first-order valence-electron chi connectivity index (χ1n) is 10.2. The quantitative estimate of drug-likeness (QED) is 0.814. The zero-order valence-corrected chi connectivity index (χ0v) is 16.8. The lowest BCUT2D eigenvalue weighted by Gasteiger charge is -2.23. The third-order valence-corrected chi connectivity index (χ3v) is 8.03. The topological polar surface area (TPSA) is 86.8 Å². The molecule has 2 heterocycles. The van der Waals surface area contributed by atoms with Gasteiger partial charge >= 0.3 is 0 Å². The van der Waals surface area contributed by atoms with Crippen LogP contribution in [0, 0.1) is 5.92 Å². The molecule has 0 spiro atoms. The summed E-state index contributed by atoms with van der Waals surface area (Å²) in [7, 11) is -3.45. The van der Waals surface area contributed by atoms with Crippen LogP contribution in [0.4, 0.5) is 5.69 Å². The standard InChI is InChI=1S/C20H27N3O4S/c24-19-13-15(14-23(19)17-5-1-2-6-17)20(25)21-16-7-9-18(10-8-16)28(26,27)22-11-3-4-12-22/h7-10,15,17H,1-6,11-14H2,(H,21,25). The van der Waals surface area contributed by atoms with Crippen LogP contribution >= 0.6 is 0 Å². The zero-order chi connectivity index (χ0) is 19.7. The second-order valence-corrected chi connectivity index (χ2v) is 9.95. The molecule has 8 heteroatoms. The number of nitrogens with one attached hydrogen (secondary N) is 1. The summed E-state index contributed by atoms with van der Waals surface area (Å²) in [6.45, 7) is 1.61. The van der Waals surface area contributed by atoms with Gasteiger partial charge in [0.25, 0.3) is 0 Å². The molecule has 3 aliphatic rings. The van der Waals surface area contributed by atoms with Gasteiger partial charge in [-0.2, -0.15) is 4.31 Å². The Morgan fingerprint density at radius 1 is 1.00 bits per heavy atom. The number of sulfonamides is 1. The van der Waals surface area contributed by atoms with Gasteiger partial charge in [0.15, 0.2) is 0 Å². The normalized spacial score (nSPS) is 24.2. The maximum absolute atomic E-state index is 12.6. The highest BCUT2D eigenvalue weighted by Crippen LogP contribution is 2.30. The molecule has 3 fully saturated rings. The molecule has 1 unspecified atom stereocenters. The van der Waals surface area contributed by atoms with Crippen LogP contribution in [-0.4, -0.2) is 55.1 Å². The van der Waals surface area contributed by atoms with Crippen LogP contribution in [0.25, 0.3) is 0 Å². The molecule has 0 aromatic heterocycles. The summed E-state index contributed by atoms with van der Waals surface area (Å²) in [5, 5.41) is 2.84. The molecule has 28 heavy (non-hydrogen) atoms. The van der Waals surface area contributed by atoms with Gasteiger partial charge < -0.3 is 10.2 Å². The van der Waals surface area contributed by atoms with E-state index in [1.807, 2.05) is 4.90 Å². The lowest BCUT2D eigenvalue weighted by molar-refractivity contribution is -0.129. The molecular formula is C20H27N3O4S. The molecule has 1 N–H and O–H groups in total. The molecule has 2 saturated heterocycles. The van der Waals surface area contributed by atoms with Crippen LogP contribution in [0.3, 0.4) is 0 Å². The number of anilines is 1. The Balaban J connectivity index is 1.38. The third kappa shape index (κ3) is 3.80. The number of carbonyl (C=O) groups excluding carboxylic acids is 2. The van der Waals surface area contributed by atoms with E-state index in [9.17, 15) is 18.0 Å². The van der Waals surface area contributed by atoms with Gasteiger partial charge in [-0.25, -0.2) is 8.42 Å². The van der Waals surface area contributed by atoms with Crippen molar-refractivity contribution in [2.24, 2.45) is 5.92 Å². The van der Waals surface area contributed by atoms with Gasteiger partial charge in [-0.3, -0.25) is 9.59 Å². The maximum atomic E-state index is 12.6. The molecule has 1 aliphatic carbocycles. The van der Waals surface area contributed by atoms with Gasteiger partial charge in [-0.1, -0.05) is 12.8 Å². The molecule has 2 aliphatic heterocycles. The van der Waals surface area contributed by atoms with Gasteiger partial charge in [0.05, 0.1) is 10.8 Å². The summed E-state index contributed by atoms with van der Waals surface area (Å²) >= 11 is 0. The van der Waals surface area contributed by atoms with Crippen molar-refractivity contribution in [2.75, 3.05) is 25.0 Å². The molecule has 0 radical (unpaired) electrons. The summed E-state index contributed by atoms with van der Waals surface area (Å²) in [6, 6.07) is 6.60. The summed E-state index contributed by atoms with van der Waals surface area (Å²) in [5.74, 6) is -0.454. The predicted octanol–water partition coefficient (Wildman–Crippen LogP) is 2.20. The average molecular weight is 406 g/mol. The number of amides is 2. The lowest BCUT2D eigenvalue weighted by Crippen LogP contribution is -2.35. The van der Waals surface area contributed by atoms with E-state index in [4.69, 9.17) is 0 Å². The van der Waals surface area contributed by atoms with Crippen LogP contribution in [-0.2, 0) is 19.6 Å². The van der Waals surface area contributed by atoms with E-state index in [0.29, 0.717) is 31.4 Å². The predicted molar refractivity (Wildman–Crippen MR) is 105 cm³/mol. The van der Waals surface area contributed by atoms with Gasteiger partial charge in [0.2, 0.25) is 21.8 Å². The largest absolute Gasteiger partial charge is 0.339 e.